The molecule has 0 bridgehead atoms. The third-order valence-electron chi connectivity index (χ3n) is 4.30. The zero-order valence-electron chi connectivity index (χ0n) is 16.5. The standard InChI is InChI=1S/C20H21N3O4S2/c1-13-10-14(2)20(15(3)11-13)29(26,27)23-17-7-5-6-16(12-17)18-8-9-19(22-21-18)28(4,24)25/h5-12,23H,1-4H3. The van der Waals surface area contributed by atoms with Gasteiger partial charge in [0, 0.05) is 17.5 Å². The van der Waals surface area contributed by atoms with Crippen molar-refractivity contribution in [1.29, 1.82) is 0 Å². The van der Waals surface area contributed by atoms with Gasteiger partial charge in [-0.15, -0.1) is 10.2 Å². The van der Waals surface area contributed by atoms with Gasteiger partial charge < -0.3 is 0 Å². The average Bonchev–Trinajstić information content (AvgIpc) is 2.59. The molecule has 0 amide bonds. The maximum Gasteiger partial charge on any atom is 0.262 e. The van der Waals surface area contributed by atoms with Gasteiger partial charge in [0.05, 0.1) is 10.6 Å². The number of nitrogens with zero attached hydrogens (tertiary/aromatic N) is 2. The second-order valence-corrected chi connectivity index (χ2v) is 10.5. The molecule has 0 aliphatic heterocycles. The Balaban J connectivity index is 1.94. The maximum absolute atomic E-state index is 13.0. The molecule has 0 unspecified atom stereocenters. The molecular weight excluding hydrogens is 410 g/mol. The van der Waals surface area contributed by atoms with E-state index in [0.717, 1.165) is 11.8 Å². The molecule has 0 fully saturated rings. The molecule has 9 heteroatoms. The van der Waals surface area contributed by atoms with Crippen LogP contribution in [0.25, 0.3) is 11.3 Å². The molecule has 152 valence electrons. The van der Waals surface area contributed by atoms with Crippen molar-refractivity contribution in [1.82, 2.24) is 10.2 Å². The van der Waals surface area contributed by atoms with Crippen molar-refractivity contribution in [3.63, 3.8) is 0 Å². The van der Waals surface area contributed by atoms with E-state index < -0.39 is 19.9 Å². The minimum Gasteiger partial charge on any atom is -0.280 e. The maximum atomic E-state index is 13.0. The van der Waals surface area contributed by atoms with Gasteiger partial charge in [-0.25, -0.2) is 16.8 Å². The quantitative estimate of drug-likeness (QED) is 0.664. The van der Waals surface area contributed by atoms with E-state index >= 15 is 0 Å². The van der Waals surface area contributed by atoms with E-state index in [1.165, 1.54) is 12.1 Å². The molecule has 0 aliphatic carbocycles. The highest BCUT2D eigenvalue weighted by Gasteiger charge is 2.20. The number of hydrogen-bond acceptors (Lipinski definition) is 6. The Morgan fingerprint density at radius 3 is 2.03 bits per heavy atom. The number of rotatable bonds is 5. The second-order valence-electron chi connectivity index (χ2n) is 6.94. The number of sulfone groups is 1. The first-order valence-corrected chi connectivity index (χ1v) is 12.1. The first-order valence-electron chi connectivity index (χ1n) is 8.72. The van der Waals surface area contributed by atoms with Crippen molar-refractivity contribution in [3.8, 4) is 11.3 Å². The van der Waals surface area contributed by atoms with Gasteiger partial charge in [0.15, 0.2) is 14.9 Å². The van der Waals surface area contributed by atoms with Crippen LogP contribution in [0.5, 0.6) is 0 Å². The summed E-state index contributed by atoms with van der Waals surface area (Å²) < 4.78 is 51.6. The lowest BCUT2D eigenvalue weighted by molar-refractivity contribution is 0.595. The van der Waals surface area contributed by atoms with Crippen LogP contribution in [0, 0.1) is 20.8 Å². The highest BCUT2D eigenvalue weighted by atomic mass is 32.2. The summed E-state index contributed by atoms with van der Waals surface area (Å²) in [4.78, 5) is 0.255. The molecule has 0 atom stereocenters. The van der Waals surface area contributed by atoms with E-state index in [0.29, 0.717) is 28.1 Å². The number of aromatic nitrogens is 2. The van der Waals surface area contributed by atoms with E-state index in [-0.39, 0.29) is 9.92 Å². The Bertz CT molecular complexity index is 1260. The zero-order chi connectivity index (χ0) is 21.4. The summed E-state index contributed by atoms with van der Waals surface area (Å²) in [6.07, 6.45) is 1.06. The number of benzene rings is 2. The van der Waals surface area contributed by atoms with E-state index in [2.05, 4.69) is 14.9 Å². The molecule has 3 rings (SSSR count). The van der Waals surface area contributed by atoms with Crippen molar-refractivity contribution in [3.05, 3.63) is 65.2 Å². The Hall–Kier alpha value is -2.78. The van der Waals surface area contributed by atoms with Gasteiger partial charge >= 0.3 is 0 Å². The van der Waals surface area contributed by atoms with Crippen LogP contribution >= 0.6 is 0 Å². The third-order valence-corrected chi connectivity index (χ3v) is 6.97. The molecule has 1 N–H and O–H groups in total. The zero-order valence-corrected chi connectivity index (χ0v) is 18.1. The number of hydrogen-bond donors (Lipinski definition) is 1. The first-order chi connectivity index (χ1) is 13.5. The topological polar surface area (TPSA) is 106 Å². The van der Waals surface area contributed by atoms with Gasteiger partial charge in [0.1, 0.15) is 0 Å². The van der Waals surface area contributed by atoms with E-state index in [9.17, 15) is 16.8 Å². The SMILES string of the molecule is Cc1cc(C)c(S(=O)(=O)Nc2cccc(-c3ccc(S(C)(=O)=O)nn3)c2)c(C)c1. The Morgan fingerprint density at radius 1 is 0.828 bits per heavy atom. The van der Waals surface area contributed by atoms with Crippen LogP contribution in [0.1, 0.15) is 16.7 Å². The summed E-state index contributed by atoms with van der Waals surface area (Å²) >= 11 is 0. The summed E-state index contributed by atoms with van der Waals surface area (Å²) in [5.41, 5.74) is 3.76. The number of sulfonamides is 1. The molecule has 2 aromatic carbocycles. The molecule has 29 heavy (non-hydrogen) atoms. The molecule has 1 aromatic heterocycles. The van der Waals surface area contributed by atoms with E-state index in [1.807, 2.05) is 19.1 Å². The van der Waals surface area contributed by atoms with E-state index in [4.69, 9.17) is 0 Å². The fraction of sp³-hybridized carbons (Fsp3) is 0.200. The molecule has 7 nitrogen and oxygen atoms in total. The third kappa shape index (κ3) is 4.63. The smallest absolute Gasteiger partial charge is 0.262 e. The lowest BCUT2D eigenvalue weighted by atomic mass is 10.1. The van der Waals surface area contributed by atoms with Crippen molar-refractivity contribution in [2.75, 3.05) is 11.0 Å². The van der Waals surface area contributed by atoms with Gasteiger partial charge in [0.2, 0.25) is 0 Å². The predicted octanol–water partition coefficient (Wildman–Crippen LogP) is 3.27. The second kappa shape index (κ2) is 7.57. The van der Waals surface area contributed by atoms with Gasteiger partial charge in [-0.2, -0.15) is 0 Å². The Labute approximate surface area is 170 Å². The van der Waals surface area contributed by atoms with Crippen molar-refractivity contribution in [2.45, 2.75) is 30.7 Å². The van der Waals surface area contributed by atoms with Gasteiger partial charge in [0.25, 0.3) is 10.0 Å². The highest BCUT2D eigenvalue weighted by Crippen LogP contribution is 2.26. The minimum absolute atomic E-state index is 0.122. The Kier molecular flexibility index (Phi) is 5.46. The summed E-state index contributed by atoms with van der Waals surface area (Å²) in [5.74, 6) is 0. The average molecular weight is 432 g/mol. The van der Waals surface area contributed by atoms with Crippen molar-refractivity contribution < 1.29 is 16.8 Å². The molecule has 0 saturated carbocycles. The fourth-order valence-corrected chi connectivity index (χ4v) is 5.22. The molecule has 3 aromatic rings. The van der Waals surface area contributed by atoms with E-state index in [1.54, 1.807) is 38.1 Å². The molecular formula is C20H21N3O4S2. The molecule has 1 heterocycles. The number of nitrogens with one attached hydrogen (secondary N) is 1. The van der Waals surface area contributed by atoms with Crippen molar-refractivity contribution >= 4 is 25.5 Å². The largest absolute Gasteiger partial charge is 0.280 e. The van der Waals surface area contributed by atoms with Crippen LogP contribution in [0.15, 0.2) is 58.5 Å². The van der Waals surface area contributed by atoms with Gasteiger partial charge in [-0.1, -0.05) is 29.8 Å². The normalized spacial score (nSPS) is 12.0. The van der Waals surface area contributed by atoms with Crippen LogP contribution in [0.2, 0.25) is 0 Å². The number of anilines is 1. The van der Waals surface area contributed by atoms with Crippen LogP contribution in [-0.2, 0) is 19.9 Å². The predicted molar refractivity (Wildman–Crippen MR) is 112 cm³/mol. The van der Waals surface area contributed by atoms with Crippen molar-refractivity contribution in [2.24, 2.45) is 0 Å². The molecule has 0 aliphatic rings. The molecule has 0 spiro atoms. The summed E-state index contributed by atoms with van der Waals surface area (Å²) in [6.45, 7) is 5.46. The van der Waals surface area contributed by atoms with Crippen LogP contribution < -0.4 is 4.72 Å². The van der Waals surface area contributed by atoms with Gasteiger partial charge in [-0.05, 0) is 56.2 Å². The highest BCUT2D eigenvalue weighted by molar-refractivity contribution is 7.92. The van der Waals surface area contributed by atoms with Crippen LogP contribution in [-0.4, -0.2) is 33.3 Å². The lowest BCUT2D eigenvalue weighted by Gasteiger charge is -2.14. The lowest BCUT2D eigenvalue weighted by Crippen LogP contribution is -2.16. The monoisotopic (exact) mass is 431 g/mol. The summed E-state index contributed by atoms with van der Waals surface area (Å²) in [6, 6.07) is 13.3. The summed E-state index contributed by atoms with van der Waals surface area (Å²) in [5, 5.41) is 7.55. The summed E-state index contributed by atoms with van der Waals surface area (Å²) in [7, 11) is -7.22. The van der Waals surface area contributed by atoms with Gasteiger partial charge in [-0.3, -0.25) is 4.72 Å². The molecule has 0 saturated heterocycles. The van der Waals surface area contributed by atoms with Crippen LogP contribution in [0.4, 0.5) is 5.69 Å². The fourth-order valence-electron chi connectivity index (χ4n) is 3.21. The van der Waals surface area contributed by atoms with Crippen LogP contribution in [0.3, 0.4) is 0 Å². The minimum atomic E-state index is -3.78. The number of aryl methyl sites for hydroxylation is 3. The molecule has 0 radical (unpaired) electrons. The Morgan fingerprint density at radius 2 is 1.48 bits per heavy atom. The first kappa shape index (κ1) is 20.9.